The summed E-state index contributed by atoms with van der Waals surface area (Å²) >= 11 is 7.24. The van der Waals surface area contributed by atoms with Crippen LogP contribution in [0.5, 0.6) is 11.5 Å². The highest BCUT2D eigenvalue weighted by Gasteiger charge is 2.05. The van der Waals surface area contributed by atoms with E-state index in [1.165, 1.54) is 11.8 Å². The predicted molar refractivity (Wildman–Crippen MR) is 102 cm³/mol. The molecular weight excluding hydrogens is 360 g/mol. The van der Waals surface area contributed by atoms with Crippen LogP contribution < -0.4 is 14.9 Å². The predicted octanol–water partition coefficient (Wildman–Crippen LogP) is 3.99. The fraction of sp³-hybridized carbons (Fsp3) is 0.222. The molecule has 1 N–H and O–H groups in total. The lowest BCUT2D eigenvalue weighted by atomic mass is 10.2. The van der Waals surface area contributed by atoms with Crippen molar-refractivity contribution in [3.05, 3.63) is 53.1 Å². The van der Waals surface area contributed by atoms with Gasteiger partial charge in [0.05, 0.1) is 25.7 Å². The molecule has 0 saturated heterocycles. The number of nitrogens with one attached hydrogen (secondary N) is 1. The molecule has 0 bridgehead atoms. The summed E-state index contributed by atoms with van der Waals surface area (Å²) in [4.78, 5) is 12.8. The van der Waals surface area contributed by atoms with Gasteiger partial charge in [-0.1, -0.05) is 11.6 Å². The van der Waals surface area contributed by atoms with Crippen molar-refractivity contribution in [2.24, 2.45) is 5.10 Å². The first-order chi connectivity index (χ1) is 12.1. The van der Waals surface area contributed by atoms with Gasteiger partial charge in [0.25, 0.3) is 0 Å². The Morgan fingerprint density at radius 3 is 2.68 bits per heavy atom. The van der Waals surface area contributed by atoms with Crippen LogP contribution in [0.15, 0.2) is 52.5 Å². The Morgan fingerprint density at radius 2 is 2.00 bits per heavy atom. The van der Waals surface area contributed by atoms with Crippen LogP contribution in [0.1, 0.15) is 12.5 Å². The van der Waals surface area contributed by atoms with E-state index in [2.05, 4.69) is 10.5 Å². The number of hydrogen-bond acceptors (Lipinski definition) is 5. The summed E-state index contributed by atoms with van der Waals surface area (Å²) in [5.74, 6) is 1.38. The molecule has 2 aromatic carbocycles. The molecule has 0 aliphatic carbocycles. The lowest BCUT2D eigenvalue weighted by Gasteiger charge is -2.09. The number of rotatable bonds is 8. The lowest BCUT2D eigenvalue weighted by molar-refractivity contribution is -0.118. The Hall–Kier alpha value is -2.18. The van der Waals surface area contributed by atoms with Crippen molar-refractivity contribution in [1.29, 1.82) is 0 Å². The van der Waals surface area contributed by atoms with Crippen LogP contribution in [0.3, 0.4) is 0 Å². The molecule has 0 radical (unpaired) electrons. The maximum atomic E-state index is 11.8. The summed E-state index contributed by atoms with van der Waals surface area (Å²) in [6.07, 6.45) is 1.56. The SMILES string of the molecule is CCOc1cc(/C=N/NC(=O)CSc2ccc(Cl)cc2)ccc1OC. The average Bonchev–Trinajstić information content (AvgIpc) is 2.62. The summed E-state index contributed by atoms with van der Waals surface area (Å²) in [5.41, 5.74) is 3.31. The van der Waals surface area contributed by atoms with Crippen molar-refractivity contribution in [3.8, 4) is 11.5 Å². The Labute approximate surface area is 156 Å². The van der Waals surface area contributed by atoms with E-state index in [0.717, 1.165) is 10.5 Å². The van der Waals surface area contributed by atoms with Gasteiger partial charge in [-0.25, -0.2) is 5.43 Å². The first-order valence-electron chi connectivity index (χ1n) is 7.63. The molecule has 0 atom stereocenters. The molecule has 2 rings (SSSR count). The molecule has 7 heteroatoms. The second-order valence-corrected chi connectivity index (χ2v) is 6.36. The summed E-state index contributed by atoms with van der Waals surface area (Å²) < 4.78 is 10.7. The molecular formula is C18H19ClN2O3S. The number of thioether (sulfide) groups is 1. The maximum absolute atomic E-state index is 11.8. The van der Waals surface area contributed by atoms with E-state index < -0.39 is 0 Å². The Balaban J connectivity index is 1.86. The number of ether oxygens (including phenoxy) is 2. The topological polar surface area (TPSA) is 59.9 Å². The Kier molecular flexibility index (Phi) is 7.63. The third-order valence-electron chi connectivity index (χ3n) is 3.07. The fourth-order valence-corrected chi connectivity index (χ4v) is 2.75. The van der Waals surface area contributed by atoms with Crippen LogP contribution >= 0.6 is 23.4 Å². The minimum absolute atomic E-state index is 0.185. The van der Waals surface area contributed by atoms with Crippen LogP contribution in [-0.2, 0) is 4.79 Å². The van der Waals surface area contributed by atoms with Crippen LogP contribution in [0.4, 0.5) is 0 Å². The summed E-state index contributed by atoms with van der Waals surface area (Å²) in [6, 6.07) is 12.8. The zero-order valence-corrected chi connectivity index (χ0v) is 15.6. The highest BCUT2D eigenvalue weighted by Crippen LogP contribution is 2.27. The largest absolute Gasteiger partial charge is 0.493 e. The highest BCUT2D eigenvalue weighted by atomic mass is 35.5. The van der Waals surface area contributed by atoms with Crippen LogP contribution in [0.2, 0.25) is 5.02 Å². The van der Waals surface area contributed by atoms with Crippen molar-refractivity contribution >= 4 is 35.5 Å². The van der Waals surface area contributed by atoms with E-state index in [1.807, 2.05) is 25.1 Å². The van der Waals surface area contributed by atoms with Gasteiger partial charge in [-0.2, -0.15) is 5.10 Å². The van der Waals surface area contributed by atoms with E-state index >= 15 is 0 Å². The average molecular weight is 379 g/mol. The van der Waals surface area contributed by atoms with Crippen molar-refractivity contribution in [2.45, 2.75) is 11.8 Å². The molecule has 0 aliphatic rings. The normalized spacial score (nSPS) is 10.7. The van der Waals surface area contributed by atoms with Gasteiger partial charge in [0.1, 0.15) is 0 Å². The van der Waals surface area contributed by atoms with Gasteiger partial charge in [0.15, 0.2) is 11.5 Å². The van der Waals surface area contributed by atoms with Crippen LogP contribution in [0, 0.1) is 0 Å². The summed E-state index contributed by atoms with van der Waals surface area (Å²) in [5, 5.41) is 4.64. The van der Waals surface area contributed by atoms with Gasteiger partial charge in [-0.05, 0) is 55.0 Å². The maximum Gasteiger partial charge on any atom is 0.250 e. The minimum Gasteiger partial charge on any atom is -0.493 e. The van der Waals surface area contributed by atoms with Crippen molar-refractivity contribution in [1.82, 2.24) is 5.43 Å². The van der Waals surface area contributed by atoms with E-state index in [1.54, 1.807) is 37.6 Å². The second-order valence-electron chi connectivity index (χ2n) is 4.88. The summed E-state index contributed by atoms with van der Waals surface area (Å²) in [7, 11) is 1.59. The highest BCUT2D eigenvalue weighted by molar-refractivity contribution is 8.00. The molecule has 0 aliphatic heterocycles. The first kappa shape index (κ1) is 19.1. The third kappa shape index (κ3) is 6.32. The van der Waals surface area contributed by atoms with Crippen molar-refractivity contribution in [2.75, 3.05) is 19.5 Å². The van der Waals surface area contributed by atoms with Crippen molar-refractivity contribution in [3.63, 3.8) is 0 Å². The smallest absolute Gasteiger partial charge is 0.250 e. The molecule has 0 aromatic heterocycles. The number of halogens is 1. The van der Waals surface area contributed by atoms with Gasteiger partial charge >= 0.3 is 0 Å². The number of nitrogens with zero attached hydrogens (tertiary/aromatic N) is 1. The zero-order valence-electron chi connectivity index (χ0n) is 14.0. The standard InChI is InChI=1S/C18H19ClN2O3S/c1-3-24-17-10-13(4-9-16(17)23-2)11-20-21-18(22)12-25-15-7-5-14(19)6-8-15/h4-11H,3,12H2,1-2H3,(H,21,22)/b20-11+. The fourth-order valence-electron chi connectivity index (χ4n) is 1.93. The molecule has 0 unspecified atom stereocenters. The molecule has 0 fully saturated rings. The number of hydrogen-bond donors (Lipinski definition) is 1. The molecule has 132 valence electrons. The quantitative estimate of drug-likeness (QED) is 0.428. The molecule has 0 heterocycles. The van der Waals surface area contributed by atoms with Crippen LogP contribution in [-0.4, -0.2) is 31.6 Å². The minimum atomic E-state index is -0.185. The second kappa shape index (κ2) is 9.96. The van der Waals surface area contributed by atoms with Crippen molar-refractivity contribution < 1.29 is 14.3 Å². The lowest BCUT2D eigenvalue weighted by Crippen LogP contribution is -2.19. The summed E-state index contributed by atoms with van der Waals surface area (Å²) in [6.45, 7) is 2.44. The molecule has 1 amide bonds. The third-order valence-corrected chi connectivity index (χ3v) is 4.34. The van der Waals surface area contributed by atoms with E-state index in [4.69, 9.17) is 21.1 Å². The molecule has 2 aromatic rings. The number of methoxy groups -OCH3 is 1. The van der Waals surface area contributed by atoms with E-state index in [9.17, 15) is 4.79 Å². The number of benzene rings is 2. The first-order valence-corrected chi connectivity index (χ1v) is 9.00. The van der Waals surface area contributed by atoms with E-state index in [-0.39, 0.29) is 11.7 Å². The number of carbonyl (C=O) groups is 1. The molecule has 0 spiro atoms. The zero-order chi connectivity index (χ0) is 18.1. The Morgan fingerprint density at radius 1 is 1.24 bits per heavy atom. The number of carbonyl (C=O) groups excluding carboxylic acids is 1. The number of hydrazone groups is 1. The van der Waals surface area contributed by atoms with Gasteiger partial charge in [0.2, 0.25) is 5.91 Å². The number of amides is 1. The Bertz CT molecular complexity index is 736. The molecule has 25 heavy (non-hydrogen) atoms. The van der Waals surface area contributed by atoms with E-state index in [0.29, 0.717) is 23.1 Å². The van der Waals surface area contributed by atoms with Gasteiger partial charge in [-0.15, -0.1) is 11.8 Å². The molecule has 0 saturated carbocycles. The van der Waals surface area contributed by atoms with Gasteiger partial charge in [-0.3, -0.25) is 4.79 Å². The van der Waals surface area contributed by atoms with Crippen LogP contribution in [0.25, 0.3) is 0 Å². The molecule has 5 nitrogen and oxygen atoms in total. The van der Waals surface area contributed by atoms with Gasteiger partial charge in [0, 0.05) is 9.92 Å². The van der Waals surface area contributed by atoms with Gasteiger partial charge < -0.3 is 9.47 Å². The monoisotopic (exact) mass is 378 g/mol.